The Morgan fingerprint density at radius 2 is 1.66 bits per heavy atom. The predicted molar refractivity (Wildman–Crippen MR) is 116 cm³/mol. The van der Waals surface area contributed by atoms with Gasteiger partial charge in [0.2, 0.25) is 10.0 Å². The minimum atomic E-state index is -3.31. The average molecular weight is 418 g/mol. The first-order valence-electron chi connectivity index (χ1n) is 9.64. The summed E-state index contributed by atoms with van der Waals surface area (Å²) in [5, 5.41) is 2.82. The second-order valence-electron chi connectivity index (χ2n) is 7.16. The van der Waals surface area contributed by atoms with Gasteiger partial charge in [-0.3, -0.25) is 9.10 Å². The molecule has 0 radical (unpaired) electrons. The molecule has 1 aliphatic rings. The highest BCUT2D eigenvalue weighted by molar-refractivity contribution is 7.92. The topological polar surface area (TPSA) is 79.0 Å². The van der Waals surface area contributed by atoms with Crippen molar-refractivity contribution >= 4 is 33.0 Å². The second kappa shape index (κ2) is 9.17. The number of hydrogen-bond acceptors (Lipinski definition) is 5. The number of anilines is 3. The van der Waals surface area contributed by atoms with Crippen LogP contribution in [0.15, 0.2) is 48.5 Å². The fourth-order valence-corrected chi connectivity index (χ4v) is 3.70. The molecule has 8 heteroatoms. The van der Waals surface area contributed by atoms with E-state index in [2.05, 4.69) is 10.2 Å². The molecular formula is C21H27N3O4S. The van der Waals surface area contributed by atoms with Gasteiger partial charge in [-0.15, -0.1) is 0 Å². The van der Waals surface area contributed by atoms with Gasteiger partial charge in [-0.2, -0.15) is 0 Å². The number of nitrogens with one attached hydrogen (secondary N) is 1. The normalized spacial score (nSPS) is 14.3. The van der Waals surface area contributed by atoms with Gasteiger partial charge in [0, 0.05) is 31.5 Å². The maximum atomic E-state index is 12.1. The number of sulfonamides is 1. The molecule has 1 heterocycles. The van der Waals surface area contributed by atoms with Crippen LogP contribution in [0.5, 0.6) is 5.75 Å². The molecule has 7 nitrogen and oxygen atoms in total. The summed E-state index contributed by atoms with van der Waals surface area (Å²) in [6.07, 6.45) is 4.88. The fraction of sp³-hybridized carbons (Fsp3) is 0.381. The summed E-state index contributed by atoms with van der Waals surface area (Å²) >= 11 is 0. The van der Waals surface area contributed by atoms with Crippen molar-refractivity contribution in [1.82, 2.24) is 0 Å². The third-order valence-corrected chi connectivity index (χ3v) is 6.15. The van der Waals surface area contributed by atoms with Crippen molar-refractivity contribution in [2.75, 3.05) is 47.5 Å². The fourth-order valence-electron chi connectivity index (χ4n) is 3.20. The van der Waals surface area contributed by atoms with Crippen molar-refractivity contribution in [3.8, 4) is 5.75 Å². The SMILES string of the molecule is CN(c1ccc(OCC(=O)Nc2ccc(N3CCCCC3)cc2)cc1)S(C)(=O)=O. The Morgan fingerprint density at radius 1 is 1.03 bits per heavy atom. The monoisotopic (exact) mass is 417 g/mol. The molecule has 156 valence electrons. The van der Waals surface area contributed by atoms with E-state index in [1.807, 2.05) is 24.3 Å². The lowest BCUT2D eigenvalue weighted by Crippen LogP contribution is -2.29. The molecule has 2 aromatic carbocycles. The van der Waals surface area contributed by atoms with Crippen LogP contribution in [0.1, 0.15) is 19.3 Å². The first-order chi connectivity index (χ1) is 13.8. The molecular weight excluding hydrogens is 390 g/mol. The third kappa shape index (κ3) is 5.87. The molecule has 0 spiro atoms. The Balaban J connectivity index is 1.49. The molecule has 1 aliphatic heterocycles. The minimum absolute atomic E-state index is 0.130. The second-order valence-corrected chi connectivity index (χ2v) is 9.17. The van der Waals surface area contributed by atoms with Gasteiger partial charge in [-0.05, 0) is 67.8 Å². The smallest absolute Gasteiger partial charge is 0.262 e. The molecule has 1 N–H and O–H groups in total. The van der Waals surface area contributed by atoms with Gasteiger partial charge in [-0.1, -0.05) is 0 Å². The van der Waals surface area contributed by atoms with E-state index in [1.165, 1.54) is 36.3 Å². The zero-order chi connectivity index (χ0) is 20.9. The summed E-state index contributed by atoms with van der Waals surface area (Å²) in [5.74, 6) is 0.235. The largest absolute Gasteiger partial charge is 0.484 e. The first-order valence-corrected chi connectivity index (χ1v) is 11.5. The van der Waals surface area contributed by atoms with E-state index in [0.29, 0.717) is 11.4 Å². The number of carbonyl (C=O) groups excluding carboxylic acids is 1. The zero-order valence-corrected chi connectivity index (χ0v) is 17.6. The third-order valence-electron chi connectivity index (χ3n) is 4.94. The molecule has 0 aliphatic carbocycles. The number of nitrogens with zero attached hydrogens (tertiary/aromatic N) is 2. The maximum Gasteiger partial charge on any atom is 0.262 e. The number of hydrogen-bond donors (Lipinski definition) is 1. The average Bonchev–Trinajstić information content (AvgIpc) is 2.73. The van der Waals surface area contributed by atoms with Gasteiger partial charge in [0.05, 0.1) is 11.9 Å². The quantitative estimate of drug-likeness (QED) is 0.749. The maximum absolute atomic E-state index is 12.1. The zero-order valence-electron chi connectivity index (χ0n) is 16.8. The molecule has 3 rings (SSSR count). The van der Waals surface area contributed by atoms with Gasteiger partial charge < -0.3 is 15.0 Å². The summed E-state index contributed by atoms with van der Waals surface area (Å²) in [7, 11) is -1.83. The van der Waals surface area contributed by atoms with Crippen molar-refractivity contribution in [3.05, 3.63) is 48.5 Å². The van der Waals surface area contributed by atoms with Crippen LogP contribution >= 0.6 is 0 Å². The Bertz CT molecular complexity index is 921. The standard InChI is InChI=1S/C21H27N3O4S/c1-23(29(2,26)27)18-10-12-20(13-11-18)28-16-21(25)22-17-6-8-19(9-7-17)24-14-4-3-5-15-24/h6-13H,3-5,14-16H2,1-2H3,(H,22,25). The van der Waals surface area contributed by atoms with Crippen LogP contribution in [0, 0.1) is 0 Å². The molecule has 0 atom stereocenters. The number of ether oxygens (including phenoxy) is 1. The molecule has 29 heavy (non-hydrogen) atoms. The van der Waals surface area contributed by atoms with Crippen molar-refractivity contribution in [1.29, 1.82) is 0 Å². The molecule has 0 saturated carbocycles. The van der Waals surface area contributed by atoms with E-state index in [-0.39, 0.29) is 12.5 Å². The Morgan fingerprint density at radius 3 is 2.24 bits per heavy atom. The Hall–Kier alpha value is -2.74. The van der Waals surface area contributed by atoms with E-state index in [1.54, 1.807) is 24.3 Å². The highest BCUT2D eigenvalue weighted by atomic mass is 32.2. The van der Waals surface area contributed by atoms with Gasteiger partial charge >= 0.3 is 0 Å². The van der Waals surface area contributed by atoms with E-state index in [0.717, 1.165) is 25.0 Å². The number of rotatable bonds is 7. The van der Waals surface area contributed by atoms with Crippen LogP contribution in [0.3, 0.4) is 0 Å². The van der Waals surface area contributed by atoms with Crippen LogP contribution in [-0.4, -0.2) is 47.3 Å². The number of carbonyl (C=O) groups is 1. The summed E-state index contributed by atoms with van der Waals surface area (Å²) in [6, 6.07) is 14.4. The number of piperidine rings is 1. The highest BCUT2D eigenvalue weighted by Gasteiger charge is 2.13. The van der Waals surface area contributed by atoms with E-state index >= 15 is 0 Å². The summed E-state index contributed by atoms with van der Waals surface area (Å²) in [6.45, 7) is 2.03. The summed E-state index contributed by atoms with van der Waals surface area (Å²) in [5.41, 5.74) is 2.43. The van der Waals surface area contributed by atoms with Gasteiger partial charge in [0.25, 0.3) is 5.91 Å². The summed E-state index contributed by atoms with van der Waals surface area (Å²) < 4.78 is 29.8. The predicted octanol–water partition coefficient (Wildman–Crippen LogP) is 3.09. The number of benzene rings is 2. The molecule has 0 bridgehead atoms. The van der Waals surface area contributed by atoms with E-state index in [4.69, 9.17) is 4.74 Å². The van der Waals surface area contributed by atoms with Crippen molar-refractivity contribution < 1.29 is 17.9 Å². The molecule has 1 saturated heterocycles. The molecule has 0 unspecified atom stereocenters. The molecule has 0 aromatic heterocycles. The van der Waals surface area contributed by atoms with Gasteiger partial charge in [-0.25, -0.2) is 8.42 Å². The lowest BCUT2D eigenvalue weighted by molar-refractivity contribution is -0.118. The van der Waals surface area contributed by atoms with Crippen LogP contribution in [0.25, 0.3) is 0 Å². The molecule has 1 fully saturated rings. The Labute approximate surface area is 172 Å². The number of amides is 1. The van der Waals surface area contributed by atoms with E-state index in [9.17, 15) is 13.2 Å². The van der Waals surface area contributed by atoms with Crippen LogP contribution in [-0.2, 0) is 14.8 Å². The molecule has 1 amide bonds. The van der Waals surface area contributed by atoms with Crippen LogP contribution in [0.4, 0.5) is 17.1 Å². The summed E-state index contributed by atoms with van der Waals surface area (Å²) in [4.78, 5) is 14.5. The lowest BCUT2D eigenvalue weighted by Gasteiger charge is -2.28. The van der Waals surface area contributed by atoms with Crippen LogP contribution < -0.4 is 19.3 Å². The van der Waals surface area contributed by atoms with Crippen LogP contribution in [0.2, 0.25) is 0 Å². The van der Waals surface area contributed by atoms with E-state index < -0.39 is 10.0 Å². The van der Waals surface area contributed by atoms with Gasteiger partial charge in [0.1, 0.15) is 5.75 Å². The first kappa shape index (κ1) is 21.0. The highest BCUT2D eigenvalue weighted by Crippen LogP contribution is 2.22. The van der Waals surface area contributed by atoms with Gasteiger partial charge in [0.15, 0.2) is 6.61 Å². The minimum Gasteiger partial charge on any atom is -0.484 e. The van der Waals surface area contributed by atoms with Crippen molar-refractivity contribution in [2.24, 2.45) is 0 Å². The molecule has 2 aromatic rings. The Kier molecular flexibility index (Phi) is 6.64. The van der Waals surface area contributed by atoms with Crippen molar-refractivity contribution in [2.45, 2.75) is 19.3 Å². The lowest BCUT2D eigenvalue weighted by atomic mass is 10.1. The van der Waals surface area contributed by atoms with Crippen molar-refractivity contribution in [3.63, 3.8) is 0 Å².